The van der Waals surface area contributed by atoms with Crippen molar-refractivity contribution in [3.05, 3.63) is 48.6 Å². The highest BCUT2D eigenvalue weighted by atomic mass is 16.8. The first-order valence-corrected chi connectivity index (χ1v) is 34.9. The molecule has 0 spiro atoms. The molecule has 0 aromatic heterocycles. The summed E-state index contributed by atoms with van der Waals surface area (Å²) in [4.78, 5) is 13.3. The molecule has 0 aromatic carbocycles. The standard InChI is InChI=1S/C69H125NO18/c1-3-5-7-9-11-13-15-16-17-18-19-20-21-22-23-24-25-26-27-28-29-30-31-32-33-34-35-36-37-38-40-42-44-46-53(74)52(70-57(75)47-45-43-41-39-14-12-10-8-6-4-2)51-83-67-63(81)60(78)65(55(49-72)85-67)88-69-64(82)61(79)66(56(50-73)86-69)87-68-62(80)59(77)58(76)54(48-71)84-68/h8,10,33-34,37-38,44,46,52-56,58-69,71-74,76-82H,3-7,9,11-32,35-36,39-43,45,47-51H2,1-2H3,(H,70,75)/b10-8-,34-33+,38-37+,46-44+. The lowest BCUT2D eigenvalue weighted by Crippen LogP contribution is -2.66. The van der Waals surface area contributed by atoms with Crippen molar-refractivity contribution in [2.45, 2.75) is 356 Å². The van der Waals surface area contributed by atoms with Crippen molar-refractivity contribution in [3.63, 3.8) is 0 Å². The highest BCUT2D eigenvalue weighted by Crippen LogP contribution is 2.33. The van der Waals surface area contributed by atoms with Gasteiger partial charge in [-0.2, -0.15) is 0 Å². The fourth-order valence-electron chi connectivity index (χ4n) is 11.6. The van der Waals surface area contributed by atoms with Gasteiger partial charge in [-0.05, 0) is 64.2 Å². The predicted molar refractivity (Wildman–Crippen MR) is 342 cm³/mol. The number of hydrogen-bond acceptors (Lipinski definition) is 18. The molecule has 19 heteroatoms. The van der Waals surface area contributed by atoms with Gasteiger partial charge in [-0.25, -0.2) is 0 Å². The summed E-state index contributed by atoms with van der Waals surface area (Å²) in [5.74, 6) is -0.302. The van der Waals surface area contributed by atoms with E-state index >= 15 is 0 Å². The lowest BCUT2D eigenvalue weighted by molar-refractivity contribution is -0.379. The number of carbonyl (C=O) groups is 1. The third-order valence-electron chi connectivity index (χ3n) is 17.3. The lowest BCUT2D eigenvalue weighted by Gasteiger charge is -2.48. The van der Waals surface area contributed by atoms with E-state index in [0.717, 1.165) is 70.6 Å². The molecular formula is C69H125NO18. The van der Waals surface area contributed by atoms with Gasteiger partial charge in [0.05, 0.1) is 38.6 Å². The molecule has 0 bridgehead atoms. The molecule has 0 aromatic rings. The molecule has 514 valence electrons. The second-order valence-corrected chi connectivity index (χ2v) is 25.0. The minimum absolute atomic E-state index is 0.220. The summed E-state index contributed by atoms with van der Waals surface area (Å²) < 4.78 is 34.2. The van der Waals surface area contributed by atoms with Gasteiger partial charge in [-0.3, -0.25) is 4.79 Å². The van der Waals surface area contributed by atoms with E-state index in [2.05, 4.69) is 55.6 Å². The number of nitrogens with one attached hydrogen (secondary N) is 1. The van der Waals surface area contributed by atoms with Gasteiger partial charge in [0, 0.05) is 6.42 Å². The molecule has 0 saturated carbocycles. The van der Waals surface area contributed by atoms with Crippen molar-refractivity contribution in [1.82, 2.24) is 5.32 Å². The summed E-state index contributed by atoms with van der Waals surface area (Å²) in [6.45, 7) is 1.63. The Balaban J connectivity index is 1.37. The van der Waals surface area contributed by atoms with Crippen molar-refractivity contribution in [1.29, 1.82) is 0 Å². The van der Waals surface area contributed by atoms with E-state index in [0.29, 0.717) is 12.8 Å². The second kappa shape index (κ2) is 51.2. The number of aliphatic hydroxyl groups excluding tert-OH is 11. The quantitative estimate of drug-likeness (QED) is 0.0200. The Bertz CT molecular complexity index is 1790. The monoisotopic (exact) mass is 1260 g/mol. The van der Waals surface area contributed by atoms with Crippen molar-refractivity contribution in [2.24, 2.45) is 0 Å². The maximum atomic E-state index is 13.3. The van der Waals surface area contributed by atoms with Crippen molar-refractivity contribution in [3.8, 4) is 0 Å². The zero-order chi connectivity index (χ0) is 64.0. The molecule has 12 N–H and O–H groups in total. The Kier molecular flexibility index (Phi) is 46.5. The van der Waals surface area contributed by atoms with E-state index in [1.54, 1.807) is 6.08 Å². The summed E-state index contributed by atoms with van der Waals surface area (Å²) in [5, 5.41) is 120. The molecule has 0 radical (unpaired) electrons. The first kappa shape index (κ1) is 80.0. The van der Waals surface area contributed by atoms with E-state index in [1.807, 2.05) is 6.08 Å². The van der Waals surface area contributed by atoms with Gasteiger partial charge in [-0.1, -0.05) is 229 Å². The van der Waals surface area contributed by atoms with Gasteiger partial charge < -0.3 is 89.9 Å². The maximum Gasteiger partial charge on any atom is 0.220 e. The Morgan fingerprint density at radius 3 is 1.18 bits per heavy atom. The summed E-state index contributed by atoms with van der Waals surface area (Å²) in [5.41, 5.74) is 0. The molecule has 3 aliphatic rings. The molecule has 3 fully saturated rings. The number of allylic oxidation sites excluding steroid dienone is 7. The SMILES string of the molecule is CCC/C=C\CCCCCCCC(=O)NC(COC1OC(CO)C(OC2OC(CO)C(OC3OC(CO)C(O)C(O)C3O)C(O)C2O)C(O)C1O)C(O)/C=C/CC/C=C/CC/C=C/CCCCCCCCCCCCCCCCCCCCCCCCC. The number of rotatable bonds is 53. The Morgan fingerprint density at radius 1 is 0.398 bits per heavy atom. The maximum absolute atomic E-state index is 13.3. The van der Waals surface area contributed by atoms with Crippen LogP contribution in [0.3, 0.4) is 0 Å². The summed E-state index contributed by atoms with van der Waals surface area (Å²) in [6, 6.07) is -1.00. The Hall–Kier alpha value is -2.25. The van der Waals surface area contributed by atoms with Crippen molar-refractivity contribution >= 4 is 5.91 Å². The third kappa shape index (κ3) is 33.0. The summed E-state index contributed by atoms with van der Waals surface area (Å²) >= 11 is 0. The average molecular weight is 1260 g/mol. The average Bonchev–Trinajstić information content (AvgIpc) is 1.21. The van der Waals surface area contributed by atoms with E-state index in [-0.39, 0.29) is 18.9 Å². The number of aliphatic hydroxyl groups is 11. The van der Waals surface area contributed by atoms with Crippen LogP contribution in [0.5, 0.6) is 0 Å². The largest absolute Gasteiger partial charge is 0.394 e. The topological polar surface area (TPSA) is 307 Å². The van der Waals surface area contributed by atoms with Crippen LogP contribution >= 0.6 is 0 Å². The predicted octanol–water partition coefficient (Wildman–Crippen LogP) is 9.00. The lowest BCUT2D eigenvalue weighted by atomic mass is 9.96. The Labute approximate surface area is 529 Å². The molecule has 3 aliphatic heterocycles. The first-order valence-electron chi connectivity index (χ1n) is 34.9. The number of ether oxygens (including phenoxy) is 6. The molecule has 17 atom stereocenters. The molecule has 17 unspecified atom stereocenters. The molecule has 3 saturated heterocycles. The highest BCUT2D eigenvalue weighted by molar-refractivity contribution is 5.76. The zero-order valence-electron chi connectivity index (χ0n) is 54.2. The van der Waals surface area contributed by atoms with E-state index in [4.69, 9.17) is 28.4 Å². The van der Waals surface area contributed by atoms with Crippen LogP contribution in [-0.2, 0) is 33.2 Å². The highest BCUT2D eigenvalue weighted by Gasteiger charge is 2.53. The molecule has 1 amide bonds. The van der Waals surface area contributed by atoms with Crippen molar-refractivity contribution < 1.29 is 89.4 Å². The van der Waals surface area contributed by atoms with E-state index in [9.17, 15) is 61.0 Å². The minimum Gasteiger partial charge on any atom is -0.394 e. The van der Waals surface area contributed by atoms with Crippen LogP contribution in [0.2, 0.25) is 0 Å². The molecular weight excluding hydrogens is 1130 g/mol. The van der Waals surface area contributed by atoms with Crippen LogP contribution in [-0.4, -0.2) is 193 Å². The zero-order valence-corrected chi connectivity index (χ0v) is 54.2. The van der Waals surface area contributed by atoms with Crippen LogP contribution in [0.1, 0.15) is 251 Å². The van der Waals surface area contributed by atoms with Crippen LogP contribution < -0.4 is 5.32 Å². The summed E-state index contributed by atoms with van der Waals surface area (Å²) in [6.07, 6.45) is 34.4. The second-order valence-electron chi connectivity index (χ2n) is 25.0. The van der Waals surface area contributed by atoms with E-state index in [1.165, 1.54) is 148 Å². The molecule has 0 aliphatic carbocycles. The number of amides is 1. The first-order chi connectivity index (χ1) is 42.8. The molecule has 88 heavy (non-hydrogen) atoms. The normalized spacial score (nSPS) is 28.7. The molecule has 3 rings (SSSR count). The van der Waals surface area contributed by atoms with Crippen molar-refractivity contribution in [2.75, 3.05) is 26.4 Å². The van der Waals surface area contributed by atoms with Gasteiger partial charge in [0.15, 0.2) is 18.9 Å². The number of unbranched alkanes of at least 4 members (excludes halogenated alkanes) is 31. The van der Waals surface area contributed by atoms with Gasteiger partial charge >= 0.3 is 0 Å². The Morgan fingerprint density at radius 2 is 0.750 bits per heavy atom. The molecule has 19 nitrogen and oxygen atoms in total. The number of carbonyl (C=O) groups excluding carboxylic acids is 1. The van der Waals surface area contributed by atoms with Crippen LogP contribution in [0, 0.1) is 0 Å². The van der Waals surface area contributed by atoms with Crippen LogP contribution in [0.25, 0.3) is 0 Å². The van der Waals surface area contributed by atoms with Crippen LogP contribution in [0.4, 0.5) is 0 Å². The van der Waals surface area contributed by atoms with Gasteiger partial charge in [0.2, 0.25) is 5.91 Å². The van der Waals surface area contributed by atoms with Gasteiger partial charge in [0.1, 0.15) is 73.2 Å². The number of hydrogen-bond donors (Lipinski definition) is 12. The molecule has 3 heterocycles. The summed E-state index contributed by atoms with van der Waals surface area (Å²) in [7, 11) is 0. The van der Waals surface area contributed by atoms with Gasteiger partial charge in [-0.15, -0.1) is 0 Å². The third-order valence-corrected chi connectivity index (χ3v) is 17.3. The minimum atomic E-state index is -1.98. The van der Waals surface area contributed by atoms with Crippen LogP contribution in [0.15, 0.2) is 48.6 Å². The fourth-order valence-corrected chi connectivity index (χ4v) is 11.6. The van der Waals surface area contributed by atoms with E-state index < -0.39 is 124 Å². The van der Waals surface area contributed by atoms with Gasteiger partial charge in [0.25, 0.3) is 0 Å². The fraction of sp³-hybridized carbons (Fsp3) is 0.870. The smallest absolute Gasteiger partial charge is 0.220 e.